The number of hydrogen-bond acceptors (Lipinski definition) is 3. The molecule has 84 valence electrons. The van der Waals surface area contributed by atoms with Crippen LogP contribution >= 0.6 is 0 Å². The van der Waals surface area contributed by atoms with E-state index in [1.54, 1.807) is 7.11 Å². The summed E-state index contributed by atoms with van der Waals surface area (Å²) in [6.45, 7) is 1.85. The summed E-state index contributed by atoms with van der Waals surface area (Å²) in [7, 11) is 1.73. The zero-order valence-corrected chi connectivity index (χ0v) is 9.17. The van der Waals surface area contributed by atoms with Crippen molar-refractivity contribution in [2.45, 2.75) is 50.7 Å². The molecule has 0 spiro atoms. The van der Waals surface area contributed by atoms with E-state index in [9.17, 15) is 5.11 Å². The molecule has 1 rings (SSSR count). The summed E-state index contributed by atoms with van der Waals surface area (Å²) in [5.41, 5.74) is 0. The van der Waals surface area contributed by atoms with Gasteiger partial charge >= 0.3 is 0 Å². The largest absolute Gasteiger partial charge is 0.392 e. The van der Waals surface area contributed by atoms with Crippen molar-refractivity contribution in [1.82, 2.24) is 5.32 Å². The van der Waals surface area contributed by atoms with Gasteiger partial charge in [-0.2, -0.15) is 0 Å². The molecule has 0 radical (unpaired) electrons. The van der Waals surface area contributed by atoms with Crippen LogP contribution in [0.5, 0.6) is 0 Å². The van der Waals surface area contributed by atoms with Crippen LogP contribution in [0.2, 0.25) is 0 Å². The number of methoxy groups -OCH3 is 1. The lowest BCUT2D eigenvalue weighted by Crippen LogP contribution is -2.42. The monoisotopic (exact) mass is 201 g/mol. The second-order valence-corrected chi connectivity index (χ2v) is 4.11. The first-order chi connectivity index (χ1) is 6.84. The smallest absolute Gasteiger partial charge is 0.0693 e. The molecule has 3 nitrogen and oxygen atoms in total. The lowest BCUT2D eigenvalue weighted by atomic mass is 9.92. The average Bonchev–Trinajstić information content (AvgIpc) is 2.20. The summed E-state index contributed by atoms with van der Waals surface area (Å²) >= 11 is 0. The fraction of sp³-hybridized carbons (Fsp3) is 1.00. The molecule has 0 amide bonds. The molecule has 1 aliphatic carbocycles. The lowest BCUT2D eigenvalue weighted by Gasteiger charge is -2.28. The van der Waals surface area contributed by atoms with Crippen LogP contribution in [0.25, 0.3) is 0 Å². The third-order valence-electron chi connectivity index (χ3n) is 2.91. The maximum Gasteiger partial charge on any atom is 0.0693 e. The minimum absolute atomic E-state index is 0.119. The molecule has 0 aromatic rings. The molecule has 0 unspecified atom stereocenters. The zero-order chi connectivity index (χ0) is 10.2. The van der Waals surface area contributed by atoms with Gasteiger partial charge < -0.3 is 15.2 Å². The SMILES string of the molecule is COCCCCN[C@H]1CCCC[C@@H]1O. The topological polar surface area (TPSA) is 41.5 Å². The standard InChI is InChI=1S/C11H23NO2/c1-14-9-5-4-8-12-10-6-2-3-7-11(10)13/h10-13H,2-9H2,1H3/t10-,11-/m0/s1. The molecule has 3 heteroatoms. The lowest BCUT2D eigenvalue weighted by molar-refractivity contribution is 0.0905. The van der Waals surface area contributed by atoms with Gasteiger partial charge in [0.1, 0.15) is 0 Å². The molecular weight excluding hydrogens is 178 g/mol. The van der Waals surface area contributed by atoms with E-state index in [-0.39, 0.29) is 6.10 Å². The van der Waals surface area contributed by atoms with Crippen LogP contribution in [0.15, 0.2) is 0 Å². The minimum Gasteiger partial charge on any atom is -0.392 e. The fourth-order valence-corrected chi connectivity index (χ4v) is 2.01. The molecule has 0 saturated heterocycles. The molecule has 1 aliphatic rings. The van der Waals surface area contributed by atoms with Crippen molar-refractivity contribution >= 4 is 0 Å². The normalized spacial score (nSPS) is 27.9. The van der Waals surface area contributed by atoms with Crippen LogP contribution in [-0.2, 0) is 4.74 Å². The highest BCUT2D eigenvalue weighted by molar-refractivity contribution is 4.79. The Morgan fingerprint density at radius 3 is 2.79 bits per heavy atom. The summed E-state index contributed by atoms with van der Waals surface area (Å²) in [6.07, 6.45) is 6.66. The molecule has 0 aromatic carbocycles. The highest BCUT2D eigenvalue weighted by Gasteiger charge is 2.21. The van der Waals surface area contributed by atoms with Crippen molar-refractivity contribution in [2.75, 3.05) is 20.3 Å². The fourth-order valence-electron chi connectivity index (χ4n) is 2.01. The van der Waals surface area contributed by atoms with E-state index in [1.165, 1.54) is 12.8 Å². The highest BCUT2D eigenvalue weighted by atomic mass is 16.5. The van der Waals surface area contributed by atoms with Gasteiger partial charge in [0.15, 0.2) is 0 Å². The summed E-state index contributed by atoms with van der Waals surface area (Å²) in [5, 5.41) is 13.1. The van der Waals surface area contributed by atoms with Gasteiger partial charge in [-0.1, -0.05) is 12.8 Å². The Hall–Kier alpha value is -0.120. The Morgan fingerprint density at radius 1 is 1.29 bits per heavy atom. The van der Waals surface area contributed by atoms with Gasteiger partial charge in [0, 0.05) is 19.8 Å². The van der Waals surface area contributed by atoms with Crippen molar-refractivity contribution < 1.29 is 9.84 Å². The van der Waals surface area contributed by atoms with Gasteiger partial charge in [-0.25, -0.2) is 0 Å². The van der Waals surface area contributed by atoms with Crippen LogP contribution < -0.4 is 5.32 Å². The molecular formula is C11H23NO2. The Bertz CT molecular complexity index is 141. The maximum absolute atomic E-state index is 9.68. The minimum atomic E-state index is -0.119. The number of hydrogen-bond donors (Lipinski definition) is 2. The molecule has 14 heavy (non-hydrogen) atoms. The first-order valence-corrected chi connectivity index (χ1v) is 5.75. The Morgan fingerprint density at radius 2 is 2.07 bits per heavy atom. The average molecular weight is 201 g/mol. The van der Waals surface area contributed by atoms with Crippen molar-refractivity contribution in [2.24, 2.45) is 0 Å². The predicted molar refractivity (Wildman–Crippen MR) is 57.4 cm³/mol. The molecule has 1 saturated carbocycles. The first kappa shape index (κ1) is 12.0. The van der Waals surface area contributed by atoms with E-state index >= 15 is 0 Å². The summed E-state index contributed by atoms with van der Waals surface area (Å²) in [4.78, 5) is 0. The number of aliphatic hydroxyl groups is 1. The van der Waals surface area contributed by atoms with Crippen molar-refractivity contribution in [3.05, 3.63) is 0 Å². The van der Waals surface area contributed by atoms with E-state index in [0.29, 0.717) is 6.04 Å². The van der Waals surface area contributed by atoms with Crippen molar-refractivity contribution in [1.29, 1.82) is 0 Å². The van der Waals surface area contributed by atoms with Crippen LogP contribution in [0.4, 0.5) is 0 Å². The Balaban J connectivity index is 1.99. The van der Waals surface area contributed by atoms with Crippen LogP contribution in [0, 0.1) is 0 Å². The number of aliphatic hydroxyl groups excluding tert-OH is 1. The summed E-state index contributed by atoms with van der Waals surface area (Å²) in [6, 6.07) is 0.339. The molecule has 0 heterocycles. The molecule has 2 atom stereocenters. The number of nitrogens with one attached hydrogen (secondary N) is 1. The van der Waals surface area contributed by atoms with Gasteiger partial charge in [-0.05, 0) is 32.2 Å². The van der Waals surface area contributed by atoms with E-state index < -0.39 is 0 Å². The summed E-state index contributed by atoms with van der Waals surface area (Å²) in [5.74, 6) is 0. The van der Waals surface area contributed by atoms with Crippen LogP contribution in [0.3, 0.4) is 0 Å². The zero-order valence-electron chi connectivity index (χ0n) is 9.17. The van der Waals surface area contributed by atoms with Crippen LogP contribution in [0.1, 0.15) is 38.5 Å². The number of ether oxygens (including phenoxy) is 1. The third-order valence-corrected chi connectivity index (χ3v) is 2.91. The predicted octanol–water partition coefficient (Wildman–Crippen LogP) is 1.31. The van der Waals surface area contributed by atoms with Crippen molar-refractivity contribution in [3.63, 3.8) is 0 Å². The van der Waals surface area contributed by atoms with E-state index in [2.05, 4.69) is 5.32 Å². The third kappa shape index (κ3) is 4.40. The van der Waals surface area contributed by atoms with E-state index in [4.69, 9.17) is 4.74 Å². The second kappa shape index (κ2) is 7.21. The van der Waals surface area contributed by atoms with Gasteiger partial charge in [0.05, 0.1) is 6.10 Å². The van der Waals surface area contributed by atoms with E-state index in [1.807, 2.05) is 0 Å². The first-order valence-electron chi connectivity index (χ1n) is 5.75. The second-order valence-electron chi connectivity index (χ2n) is 4.11. The molecule has 2 N–H and O–H groups in total. The number of unbranched alkanes of at least 4 members (excludes halogenated alkanes) is 1. The number of rotatable bonds is 6. The molecule has 0 aromatic heterocycles. The van der Waals surface area contributed by atoms with Crippen molar-refractivity contribution in [3.8, 4) is 0 Å². The Kier molecular flexibility index (Phi) is 6.15. The van der Waals surface area contributed by atoms with Gasteiger partial charge in [0.25, 0.3) is 0 Å². The summed E-state index contributed by atoms with van der Waals surface area (Å²) < 4.78 is 4.98. The molecule has 0 bridgehead atoms. The van der Waals surface area contributed by atoms with Gasteiger partial charge in [-0.3, -0.25) is 0 Å². The van der Waals surface area contributed by atoms with Crippen LogP contribution in [-0.4, -0.2) is 37.5 Å². The van der Waals surface area contributed by atoms with Gasteiger partial charge in [-0.15, -0.1) is 0 Å². The molecule has 1 fully saturated rings. The maximum atomic E-state index is 9.68. The quantitative estimate of drug-likeness (QED) is 0.637. The van der Waals surface area contributed by atoms with Gasteiger partial charge in [0.2, 0.25) is 0 Å². The highest BCUT2D eigenvalue weighted by Crippen LogP contribution is 2.18. The Labute approximate surface area is 86.8 Å². The van der Waals surface area contributed by atoms with E-state index in [0.717, 1.165) is 38.8 Å². The molecule has 0 aliphatic heterocycles.